The summed E-state index contributed by atoms with van der Waals surface area (Å²) in [6.07, 6.45) is 0. The lowest BCUT2D eigenvalue weighted by atomic mass is 10.2. The van der Waals surface area contributed by atoms with Gasteiger partial charge in [0, 0.05) is 36.3 Å². The molecule has 0 aromatic heterocycles. The Hall–Kier alpha value is -1.43. The summed E-state index contributed by atoms with van der Waals surface area (Å²) >= 11 is 3.26. The van der Waals surface area contributed by atoms with E-state index in [1.807, 2.05) is 24.3 Å². The van der Waals surface area contributed by atoms with E-state index >= 15 is 0 Å². The Kier molecular flexibility index (Phi) is 6.17. The van der Waals surface area contributed by atoms with Crippen molar-refractivity contribution in [2.24, 2.45) is 0 Å². The van der Waals surface area contributed by atoms with Crippen LogP contribution in [0, 0.1) is 5.82 Å². The van der Waals surface area contributed by atoms with Gasteiger partial charge in [-0.3, -0.25) is 0 Å². The fourth-order valence-electron chi connectivity index (χ4n) is 1.86. The van der Waals surface area contributed by atoms with E-state index in [1.165, 1.54) is 12.1 Å². The van der Waals surface area contributed by atoms with Crippen LogP contribution in [0.15, 0.2) is 46.9 Å². The first-order valence-corrected chi connectivity index (χ1v) is 7.40. The molecule has 5 heteroatoms. The number of rotatable bonds is 7. The fourth-order valence-corrected chi connectivity index (χ4v) is 2.31. The van der Waals surface area contributed by atoms with Gasteiger partial charge in [-0.25, -0.2) is 4.39 Å². The molecule has 0 spiro atoms. The van der Waals surface area contributed by atoms with Crippen molar-refractivity contribution in [3.8, 4) is 11.5 Å². The highest BCUT2D eigenvalue weighted by atomic mass is 79.9. The highest BCUT2D eigenvalue weighted by Gasteiger charge is 2.06. The second-order valence-corrected chi connectivity index (χ2v) is 5.40. The van der Waals surface area contributed by atoms with Crippen molar-refractivity contribution >= 4 is 15.9 Å². The summed E-state index contributed by atoms with van der Waals surface area (Å²) in [5, 5.41) is 3.26. The Bertz CT molecular complexity index is 572. The van der Waals surface area contributed by atoms with Crippen molar-refractivity contribution in [1.29, 1.82) is 0 Å². The van der Waals surface area contributed by atoms with E-state index in [0.717, 1.165) is 12.1 Å². The minimum Gasteiger partial charge on any atom is -0.457 e. The molecular weight excluding hydrogens is 337 g/mol. The summed E-state index contributed by atoms with van der Waals surface area (Å²) in [7, 11) is 1.67. The van der Waals surface area contributed by atoms with Crippen LogP contribution in [0.25, 0.3) is 0 Å². The Labute approximate surface area is 132 Å². The van der Waals surface area contributed by atoms with Crippen LogP contribution in [0.2, 0.25) is 0 Å². The van der Waals surface area contributed by atoms with Crippen LogP contribution < -0.4 is 10.1 Å². The van der Waals surface area contributed by atoms with Crippen molar-refractivity contribution in [3.05, 3.63) is 58.3 Å². The lowest BCUT2D eigenvalue weighted by molar-refractivity contribution is 0.199. The maximum atomic E-state index is 13.4. The van der Waals surface area contributed by atoms with Gasteiger partial charge in [0.1, 0.15) is 17.3 Å². The molecule has 0 amide bonds. The second kappa shape index (κ2) is 8.12. The highest BCUT2D eigenvalue weighted by molar-refractivity contribution is 9.10. The SMILES string of the molecule is COCCNCc1ccccc1Oc1cc(F)cc(Br)c1. The average molecular weight is 354 g/mol. The van der Waals surface area contributed by atoms with E-state index < -0.39 is 0 Å². The molecule has 0 bridgehead atoms. The van der Waals surface area contributed by atoms with E-state index in [9.17, 15) is 4.39 Å². The van der Waals surface area contributed by atoms with Crippen LogP contribution >= 0.6 is 15.9 Å². The number of nitrogens with one attached hydrogen (secondary N) is 1. The van der Waals surface area contributed by atoms with Crippen LogP contribution in [0.4, 0.5) is 4.39 Å². The summed E-state index contributed by atoms with van der Waals surface area (Å²) in [6.45, 7) is 2.08. The first-order valence-electron chi connectivity index (χ1n) is 6.60. The van der Waals surface area contributed by atoms with Crippen LogP contribution in [0.3, 0.4) is 0 Å². The predicted octanol–water partition coefficient (Wildman–Crippen LogP) is 4.12. The lowest BCUT2D eigenvalue weighted by Crippen LogP contribution is -2.18. The monoisotopic (exact) mass is 353 g/mol. The van der Waals surface area contributed by atoms with Gasteiger partial charge in [-0.15, -0.1) is 0 Å². The van der Waals surface area contributed by atoms with Crippen molar-refractivity contribution in [2.45, 2.75) is 6.54 Å². The zero-order chi connectivity index (χ0) is 15.1. The molecule has 2 aromatic carbocycles. The molecule has 0 atom stereocenters. The molecular formula is C16H17BrFNO2. The van der Waals surface area contributed by atoms with Gasteiger partial charge in [0.15, 0.2) is 0 Å². The molecule has 112 valence electrons. The molecule has 2 rings (SSSR count). The second-order valence-electron chi connectivity index (χ2n) is 4.48. The fraction of sp³-hybridized carbons (Fsp3) is 0.250. The predicted molar refractivity (Wildman–Crippen MR) is 84.2 cm³/mol. The normalized spacial score (nSPS) is 10.6. The molecule has 0 saturated carbocycles. The average Bonchev–Trinajstić information content (AvgIpc) is 2.44. The molecule has 21 heavy (non-hydrogen) atoms. The third-order valence-electron chi connectivity index (χ3n) is 2.83. The summed E-state index contributed by atoms with van der Waals surface area (Å²) in [5.41, 5.74) is 1.01. The van der Waals surface area contributed by atoms with Crippen molar-refractivity contribution in [1.82, 2.24) is 5.32 Å². The smallest absolute Gasteiger partial charge is 0.131 e. The van der Waals surface area contributed by atoms with Gasteiger partial charge in [0.2, 0.25) is 0 Å². The summed E-state index contributed by atoms with van der Waals surface area (Å²) in [6, 6.07) is 12.2. The van der Waals surface area contributed by atoms with Crippen LogP contribution in [0.1, 0.15) is 5.56 Å². The van der Waals surface area contributed by atoms with E-state index in [2.05, 4.69) is 21.2 Å². The minimum atomic E-state index is -0.338. The van der Waals surface area contributed by atoms with Crippen LogP contribution in [-0.2, 0) is 11.3 Å². The number of benzene rings is 2. The van der Waals surface area contributed by atoms with Gasteiger partial charge in [0.25, 0.3) is 0 Å². The zero-order valence-corrected chi connectivity index (χ0v) is 13.3. The number of halogens is 2. The number of para-hydroxylation sites is 1. The van der Waals surface area contributed by atoms with Gasteiger partial charge in [0.05, 0.1) is 6.61 Å². The number of hydrogen-bond acceptors (Lipinski definition) is 3. The Balaban J connectivity index is 2.08. The van der Waals surface area contributed by atoms with Gasteiger partial charge in [-0.05, 0) is 18.2 Å². The summed E-state index contributed by atoms with van der Waals surface area (Å²) in [4.78, 5) is 0. The maximum absolute atomic E-state index is 13.4. The van der Waals surface area contributed by atoms with Gasteiger partial charge in [-0.1, -0.05) is 34.1 Å². The topological polar surface area (TPSA) is 30.5 Å². The zero-order valence-electron chi connectivity index (χ0n) is 11.7. The number of methoxy groups -OCH3 is 1. The standard InChI is InChI=1S/C16H17BrFNO2/c1-20-7-6-19-11-12-4-2-3-5-16(12)21-15-9-13(17)8-14(18)10-15/h2-5,8-10,19H,6-7,11H2,1H3. The summed E-state index contributed by atoms with van der Waals surface area (Å²) in [5.74, 6) is 0.834. The molecule has 0 fully saturated rings. The molecule has 3 nitrogen and oxygen atoms in total. The molecule has 2 aromatic rings. The van der Waals surface area contributed by atoms with Crippen LogP contribution in [0.5, 0.6) is 11.5 Å². The Morgan fingerprint density at radius 3 is 2.76 bits per heavy atom. The number of hydrogen-bond donors (Lipinski definition) is 1. The Morgan fingerprint density at radius 2 is 2.00 bits per heavy atom. The molecule has 0 saturated heterocycles. The third kappa shape index (κ3) is 5.12. The Morgan fingerprint density at radius 1 is 1.19 bits per heavy atom. The maximum Gasteiger partial charge on any atom is 0.131 e. The molecule has 0 unspecified atom stereocenters. The molecule has 0 aliphatic carbocycles. The quantitative estimate of drug-likeness (QED) is 0.759. The van der Waals surface area contributed by atoms with Crippen molar-refractivity contribution in [2.75, 3.05) is 20.3 Å². The lowest BCUT2D eigenvalue weighted by Gasteiger charge is -2.12. The van der Waals surface area contributed by atoms with E-state index in [1.54, 1.807) is 13.2 Å². The molecule has 0 aliphatic rings. The largest absolute Gasteiger partial charge is 0.457 e. The van der Waals surface area contributed by atoms with E-state index in [0.29, 0.717) is 29.1 Å². The highest BCUT2D eigenvalue weighted by Crippen LogP contribution is 2.28. The molecule has 0 aliphatic heterocycles. The minimum absolute atomic E-state index is 0.338. The summed E-state index contributed by atoms with van der Waals surface area (Å²) < 4.78 is 24.8. The van der Waals surface area contributed by atoms with Crippen molar-refractivity contribution < 1.29 is 13.9 Å². The first-order chi connectivity index (χ1) is 10.2. The van der Waals surface area contributed by atoms with E-state index in [4.69, 9.17) is 9.47 Å². The van der Waals surface area contributed by atoms with Gasteiger partial charge in [-0.2, -0.15) is 0 Å². The first kappa shape index (κ1) is 15.9. The van der Waals surface area contributed by atoms with Crippen molar-refractivity contribution in [3.63, 3.8) is 0 Å². The molecule has 0 heterocycles. The number of ether oxygens (including phenoxy) is 2. The van der Waals surface area contributed by atoms with Gasteiger partial charge < -0.3 is 14.8 Å². The van der Waals surface area contributed by atoms with Crippen LogP contribution in [-0.4, -0.2) is 20.3 Å². The van der Waals surface area contributed by atoms with E-state index in [-0.39, 0.29) is 5.82 Å². The molecule has 1 N–H and O–H groups in total. The molecule has 0 radical (unpaired) electrons. The van der Waals surface area contributed by atoms with Gasteiger partial charge >= 0.3 is 0 Å². The third-order valence-corrected chi connectivity index (χ3v) is 3.29.